The van der Waals surface area contributed by atoms with Crippen molar-refractivity contribution in [3.63, 3.8) is 0 Å². The summed E-state index contributed by atoms with van der Waals surface area (Å²) in [6.45, 7) is 3.88. The number of piperidine rings is 1. The van der Waals surface area contributed by atoms with Crippen LogP contribution in [0.15, 0.2) is 12.1 Å². The van der Waals surface area contributed by atoms with Gasteiger partial charge in [-0.3, -0.25) is 5.43 Å². The van der Waals surface area contributed by atoms with Gasteiger partial charge in [-0.05, 0) is 30.5 Å². The zero-order chi connectivity index (χ0) is 12.4. The van der Waals surface area contributed by atoms with Crippen LogP contribution in [0.2, 0.25) is 5.02 Å². The molecule has 0 aliphatic carbocycles. The van der Waals surface area contributed by atoms with Gasteiger partial charge in [-0.2, -0.15) is 0 Å². The molecule has 0 bridgehead atoms. The van der Waals surface area contributed by atoms with Crippen molar-refractivity contribution in [3.05, 3.63) is 28.3 Å². The average Bonchev–Trinajstić information content (AvgIpc) is 2.85. The predicted molar refractivity (Wildman–Crippen MR) is 72.9 cm³/mol. The number of rotatable bonds is 3. The lowest BCUT2D eigenvalue weighted by Gasteiger charge is -2.27. The quantitative estimate of drug-likeness (QED) is 0.911. The first-order valence-corrected chi connectivity index (χ1v) is 7.13. The van der Waals surface area contributed by atoms with Gasteiger partial charge in [0.05, 0.1) is 6.61 Å². The van der Waals surface area contributed by atoms with Gasteiger partial charge in [0.1, 0.15) is 5.75 Å². The molecule has 0 unspecified atom stereocenters. The Morgan fingerprint density at radius 1 is 1.22 bits per heavy atom. The predicted octanol–water partition coefficient (Wildman–Crippen LogP) is 2.77. The van der Waals surface area contributed by atoms with Crippen LogP contribution < -0.4 is 10.2 Å². The minimum atomic E-state index is 0.784. The van der Waals surface area contributed by atoms with Gasteiger partial charge >= 0.3 is 0 Å². The lowest BCUT2D eigenvalue weighted by atomic mass is 10.1. The van der Waals surface area contributed by atoms with Crippen LogP contribution in [0, 0.1) is 0 Å². The van der Waals surface area contributed by atoms with Gasteiger partial charge in [0.15, 0.2) is 0 Å². The monoisotopic (exact) mass is 266 g/mol. The minimum absolute atomic E-state index is 0.784. The van der Waals surface area contributed by atoms with Crippen LogP contribution in [0.5, 0.6) is 5.75 Å². The molecule has 4 heteroatoms. The topological polar surface area (TPSA) is 24.5 Å². The number of hydrogen-bond acceptors (Lipinski definition) is 3. The molecule has 0 amide bonds. The number of hydrazine groups is 1. The summed E-state index contributed by atoms with van der Waals surface area (Å²) in [5.74, 6) is 1.05. The molecule has 0 saturated carbocycles. The maximum absolute atomic E-state index is 6.15. The van der Waals surface area contributed by atoms with Crippen LogP contribution in [-0.2, 0) is 13.0 Å². The average molecular weight is 267 g/mol. The first-order valence-electron chi connectivity index (χ1n) is 6.75. The molecule has 2 heterocycles. The molecule has 1 aromatic carbocycles. The van der Waals surface area contributed by atoms with Crippen molar-refractivity contribution < 1.29 is 4.74 Å². The highest BCUT2D eigenvalue weighted by Crippen LogP contribution is 2.32. The maximum Gasteiger partial charge on any atom is 0.127 e. The third-order valence-electron chi connectivity index (χ3n) is 3.67. The molecule has 1 fully saturated rings. The number of halogens is 1. The Labute approximate surface area is 113 Å². The summed E-state index contributed by atoms with van der Waals surface area (Å²) in [5.41, 5.74) is 5.92. The molecular formula is C14H19ClN2O. The second-order valence-electron chi connectivity index (χ2n) is 5.03. The van der Waals surface area contributed by atoms with Crippen molar-refractivity contribution >= 4 is 11.6 Å². The summed E-state index contributed by atoms with van der Waals surface area (Å²) >= 11 is 6.15. The second-order valence-corrected chi connectivity index (χ2v) is 5.47. The molecule has 1 N–H and O–H groups in total. The Balaban J connectivity index is 1.68. The molecule has 0 atom stereocenters. The highest BCUT2D eigenvalue weighted by molar-refractivity contribution is 6.30. The molecule has 2 aliphatic heterocycles. The van der Waals surface area contributed by atoms with Crippen molar-refractivity contribution in [2.45, 2.75) is 32.2 Å². The molecule has 18 heavy (non-hydrogen) atoms. The largest absolute Gasteiger partial charge is 0.493 e. The van der Waals surface area contributed by atoms with Crippen molar-refractivity contribution in [2.75, 3.05) is 19.7 Å². The second kappa shape index (κ2) is 5.47. The Kier molecular flexibility index (Phi) is 3.73. The lowest BCUT2D eigenvalue weighted by Crippen LogP contribution is -2.41. The van der Waals surface area contributed by atoms with Gasteiger partial charge in [0, 0.05) is 36.6 Å². The molecule has 3 nitrogen and oxygen atoms in total. The fourth-order valence-corrected chi connectivity index (χ4v) is 2.99. The normalized spacial score (nSPS) is 19.6. The van der Waals surface area contributed by atoms with Crippen LogP contribution in [0.25, 0.3) is 0 Å². The van der Waals surface area contributed by atoms with Crippen molar-refractivity contribution in [1.82, 2.24) is 10.4 Å². The van der Waals surface area contributed by atoms with Crippen LogP contribution in [0.4, 0.5) is 0 Å². The van der Waals surface area contributed by atoms with E-state index in [0.29, 0.717) is 0 Å². The van der Waals surface area contributed by atoms with E-state index in [9.17, 15) is 0 Å². The van der Waals surface area contributed by atoms with E-state index in [0.717, 1.165) is 43.4 Å². The van der Waals surface area contributed by atoms with E-state index in [1.807, 2.05) is 12.1 Å². The third kappa shape index (κ3) is 2.63. The maximum atomic E-state index is 6.15. The molecule has 1 aromatic rings. The van der Waals surface area contributed by atoms with E-state index in [-0.39, 0.29) is 0 Å². The van der Waals surface area contributed by atoms with Crippen LogP contribution in [0.3, 0.4) is 0 Å². The molecule has 0 spiro atoms. The summed E-state index contributed by atoms with van der Waals surface area (Å²) in [6, 6.07) is 4.04. The fourth-order valence-electron chi connectivity index (χ4n) is 2.73. The molecule has 0 aromatic heterocycles. The van der Waals surface area contributed by atoms with E-state index in [4.69, 9.17) is 16.3 Å². The zero-order valence-electron chi connectivity index (χ0n) is 10.5. The third-order valence-corrected chi connectivity index (χ3v) is 3.89. The number of ether oxygens (including phenoxy) is 1. The summed E-state index contributed by atoms with van der Waals surface area (Å²) in [6.07, 6.45) is 4.91. The first kappa shape index (κ1) is 12.3. The van der Waals surface area contributed by atoms with Gasteiger partial charge in [-0.25, -0.2) is 5.01 Å². The Hall–Kier alpha value is -0.770. The van der Waals surface area contributed by atoms with Crippen LogP contribution >= 0.6 is 11.6 Å². The number of benzene rings is 1. The summed E-state index contributed by atoms with van der Waals surface area (Å²) < 4.78 is 5.71. The fraction of sp³-hybridized carbons (Fsp3) is 0.571. The molecule has 1 saturated heterocycles. The first-order chi connectivity index (χ1) is 8.83. The zero-order valence-corrected chi connectivity index (χ0v) is 11.3. The van der Waals surface area contributed by atoms with Crippen LogP contribution in [0.1, 0.15) is 30.4 Å². The Morgan fingerprint density at radius 2 is 2.06 bits per heavy atom. The summed E-state index contributed by atoms with van der Waals surface area (Å²) in [5, 5.41) is 3.13. The molecule has 2 aliphatic rings. The number of nitrogens with one attached hydrogen (secondary N) is 1. The molecule has 98 valence electrons. The number of hydrogen-bond donors (Lipinski definition) is 1. The van der Waals surface area contributed by atoms with Crippen molar-refractivity contribution in [1.29, 1.82) is 0 Å². The van der Waals surface area contributed by atoms with Crippen LogP contribution in [-0.4, -0.2) is 24.7 Å². The number of fused-ring (bicyclic) bond motifs is 1. The lowest BCUT2D eigenvalue weighted by molar-refractivity contribution is 0.150. The molecule has 3 rings (SSSR count). The minimum Gasteiger partial charge on any atom is -0.493 e. The highest BCUT2D eigenvalue weighted by atomic mass is 35.5. The smallest absolute Gasteiger partial charge is 0.127 e. The van der Waals surface area contributed by atoms with E-state index in [1.54, 1.807) is 0 Å². The SMILES string of the molecule is Clc1cc2c(c(CNN3CCCCC3)c1)OCC2. The van der Waals surface area contributed by atoms with E-state index < -0.39 is 0 Å². The van der Waals surface area contributed by atoms with Gasteiger partial charge in [0.25, 0.3) is 0 Å². The van der Waals surface area contributed by atoms with E-state index >= 15 is 0 Å². The van der Waals surface area contributed by atoms with Gasteiger partial charge in [-0.1, -0.05) is 18.0 Å². The Morgan fingerprint density at radius 3 is 2.89 bits per heavy atom. The Bertz CT molecular complexity index is 430. The van der Waals surface area contributed by atoms with E-state index in [1.165, 1.54) is 30.4 Å². The van der Waals surface area contributed by atoms with Crippen molar-refractivity contribution in [3.8, 4) is 5.75 Å². The standard InChI is InChI=1S/C14H19ClN2O/c15-13-8-11-4-7-18-14(11)12(9-13)10-16-17-5-2-1-3-6-17/h8-9,16H,1-7,10H2. The summed E-state index contributed by atoms with van der Waals surface area (Å²) in [4.78, 5) is 0. The van der Waals surface area contributed by atoms with Gasteiger partial charge < -0.3 is 4.74 Å². The van der Waals surface area contributed by atoms with Gasteiger partial charge in [-0.15, -0.1) is 0 Å². The molecule has 0 radical (unpaired) electrons. The summed E-state index contributed by atoms with van der Waals surface area (Å²) in [7, 11) is 0. The highest BCUT2D eigenvalue weighted by Gasteiger charge is 2.18. The van der Waals surface area contributed by atoms with E-state index in [2.05, 4.69) is 10.4 Å². The van der Waals surface area contributed by atoms with Gasteiger partial charge in [0.2, 0.25) is 0 Å². The molecular weight excluding hydrogens is 248 g/mol. The number of nitrogens with zero attached hydrogens (tertiary/aromatic N) is 1. The van der Waals surface area contributed by atoms with Crippen molar-refractivity contribution in [2.24, 2.45) is 0 Å².